The topological polar surface area (TPSA) is 29.5 Å². The van der Waals surface area contributed by atoms with Crippen LogP contribution in [0.25, 0.3) is 0 Å². The number of allylic oxidation sites excluding steroid dienone is 6. The molecular formula is C11H9F3O2. The van der Waals surface area contributed by atoms with Crippen molar-refractivity contribution in [2.45, 2.75) is 12.8 Å². The fourth-order valence-corrected chi connectivity index (χ4v) is 1.73. The van der Waals surface area contributed by atoms with Crippen LogP contribution in [0.15, 0.2) is 47.5 Å². The molecule has 2 nitrogen and oxygen atoms in total. The van der Waals surface area contributed by atoms with Gasteiger partial charge in [0.2, 0.25) is 0 Å². The van der Waals surface area contributed by atoms with Crippen molar-refractivity contribution in [1.29, 1.82) is 0 Å². The summed E-state index contributed by atoms with van der Waals surface area (Å²) in [6.45, 7) is 0. The van der Waals surface area contributed by atoms with Crippen LogP contribution in [-0.4, -0.2) is 11.5 Å². The molecule has 1 atom stereocenters. The summed E-state index contributed by atoms with van der Waals surface area (Å²) in [7, 11) is 0. The summed E-state index contributed by atoms with van der Waals surface area (Å²) in [5, 5.41) is 9.63. The van der Waals surface area contributed by atoms with E-state index in [-0.39, 0.29) is 5.92 Å². The van der Waals surface area contributed by atoms with Crippen molar-refractivity contribution in [2.75, 3.05) is 0 Å². The average molecular weight is 230 g/mol. The third-order valence-corrected chi connectivity index (χ3v) is 2.42. The molecule has 1 unspecified atom stereocenters. The van der Waals surface area contributed by atoms with Gasteiger partial charge in [0.05, 0.1) is 0 Å². The molecule has 0 fully saturated rings. The first-order chi connectivity index (χ1) is 7.47. The van der Waals surface area contributed by atoms with Gasteiger partial charge < -0.3 is 9.84 Å². The molecule has 0 spiro atoms. The van der Waals surface area contributed by atoms with Crippen LogP contribution in [0.5, 0.6) is 0 Å². The van der Waals surface area contributed by atoms with Crippen molar-refractivity contribution < 1.29 is 23.0 Å². The number of halogens is 3. The third-order valence-electron chi connectivity index (χ3n) is 2.42. The van der Waals surface area contributed by atoms with E-state index in [1.807, 2.05) is 6.08 Å². The quantitative estimate of drug-likeness (QED) is 0.748. The second-order valence-corrected chi connectivity index (χ2v) is 3.51. The van der Waals surface area contributed by atoms with Gasteiger partial charge in [-0.1, -0.05) is 24.3 Å². The highest BCUT2D eigenvalue weighted by molar-refractivity contribution is 5.43. The standard InChI is InChI=1S/C11H9F3O2/c12-11(13,14)16-9-6-5-7-3-1-2-4-8(7)10(9)15/h1-4,6-7,15H,5H2. The minimum Gasteiger partial charge on any atom is -0.504 e. The predicted molar refractivity (Wildman–Crippen MR) is 51.3 cm³/mol. The second-order valence-electron chi connectivity index (χ2n) is 3.51. The van der Waals surface area contributed by atoms with E-state index < -0.39 is 17.9 Å². The maximum Gasteiger partial charge on any atom is 0.573 e. The number of aliphatic hydroxyl groups excluding tert-OH is 1. The van der Waals surface area contributed by atoms with Crippen molar-refractivity contribution in [1.82, 2.24) is 0 Å². The minimum atomic E-state index is -4.78. The Balaban J connectivity index is 2.26. The number of fused-ring (bicyclic) bond motifs is 1. The monoisotopic (exact) mass is 230 g/mol. The molecule has 16 heavy (non-hydrogen) atoms. The van der Waals surface area contributed by atoms with E-state index >= 15 is 0 Å². The highest BCUT2D eigenvalue weighted by atomic mass is 19.4. The van der Waals surface area contributed by atoms with Gasteiger partial charge in [-0.15, -0.1) is 13.2 Å². The largest absolute Gasteiger partial charge is 0.573 e. The van der Waals surface area contributed by atoms with Crippen LogP contribution in [0.4, 0.5) is 13.2 Å². The molecule has 0 radical (unpaired) electrons. The number of alkyl halides is 3. The summed E-state index contributed by atoms with van der Waals surface area (Å²) >= 11 is 0. The van der Waals surface area contributed by atoms with Gasteiger partial charge in [0.15, 0.2) is 11.5 Å². The smallest absolute Gasteiger partial charge is 0.504 e. The second kappa shape index (κ2) is 3.73. The predicted octanol–water partition coefficient (Wildman–Crippen LogP) is 3.36. The van der Waals surface area contributed by atoms with Gasteiger partial charge in [-0.25, -0.2) is 0 Å². The first-order valence-corrected chi connectivity index (χ1v) is 4.71. The molecule has 0 aromatic heterocycles. The summed E-state index contributed by atoms with van der Waals surface area (Å²) in [4.78, 5) is 0. The molecule has 0 aromatic rings. The number of aliphatic hydroxyl groups is 1. The van der Waals surface area contributed by atoms with Crippen LogP contribution in [0, 0.1) is 5.92 Å². The van der Waals surface area contributed by atoms with Crippen molar-refractivity contribution in [3.05, 3.63) is 47.5 Å². The molecule has 0 saturated heterocycles. The summed E-state index contributed by atoms with van der Waals surface area (Å²) in [5.74, 6) is -1.02. The summed E-state index contributed by atoms with van der Waals surface area (Å²) < 4.78 is 39.8. The maximum atomic E-state index is 12.0. The first kappa shape index (κ1) is 10.9. The SMILES string of the molecule is OC1=C2C=CC=CC2CC=C1OC(F)(F)F. The van der Waals surface area contributed by atoms with E-state index in [4.69, 9.17) is 0 Å². The highest BCUT2D eigenvalue weighted by Crippen LogP contribution is 2.35. The first-order valence-electron chi connectivity index (χ1n) is 4.71. The van der Waals surface area contributed by atoms with Gasteiger partial charge in [-0.2, -0.15) is 0 Å². The Kier molecular flexibility index (Phi) is 2.53. The van der Waals surface area contributed by atoms with Gasteiger partial charge in [0, 0.05) is 11.5 Å². The number of ether oxygens (including phenoxy) is 1. The molecule has 2 rings (SSSR count). The lowest BCUT2D eigenvalue weighted by atomic mass is 9.87. The Morgan fingerprint density at radius 3 is 2.75 bits per heavy atom. The maximum absolute atomic E-state index is 12.0. The van der Waals surface area contributed by atoms with Crippen LogP contribution in [-0.2, 0) is 4.74 Å². The fraction of sp³-hybridized carbons (Fsp3) is 0.273. The Morgan fingerprint density at radius 1 is 1.31 bits per heavy atom. The van der Waals surface area contributed by atoms with E-state index in [0.717, 1.165) is 0 Å². The lowest BCUT2D eigenvalue weighted by Gasteiger charge is -2.23. The van der Waals surface area contributed by atoms with E-state index in [9.17, 15) is 18.3 Å². The van der Waals surface area contributed by atoms with E-state index in [1.54, 1.807) is 18.2 Å². The molecule has 0 heterocycles. The molecule has 0 bridgehead atoms. The van der Waals surface area contributed by atoms with Gasteiger partial charge >= 0.3 is 6.36 Å². The molecule has 0 aliphatic heterocycles. The third kappa shape index (κ3) is 2.13. The van der Waals surface area contributed by atoms with Gasteiger partial charge in [0.1, 0.15) is 0 Å². The molecule has 2 aliphatic carbocycles. The van der Waals surface area contributed by atoms with Crippen LogP contribution < -0.4 is 0 Å². The number of hydrogen-bond donors (Lipinski definition) is 1. The van der Waals surface area contributed by atoms with Crippen LogP contribution in [0.1, 0.15) is 6.42 Å². The van der Waals surface area contributed by atoms with Gasteiger partial charge in [-0.3, -0.25) is 0 Å². The average Bonchev–Trinajstić information content (AvgIpc) is 2.21. The summed E-state index contributed by atoms with van der Waals surface area (Å²) in [6, 6.07) is 0. The van der Waals surface area contributed by atoms with Crippen LogP contribution >= 0.6 is 0 Å². The number of hydrogen-bond acceptors (Lipinski definition) is 2. The van der Waals surface area contributed by atoms with Crippen molar-refractivity contribution in [3.8, 4) is 0 Å². The lowest BCUT2D eigenvalue weighted by Crippen LogP contribution is -2.18. The molecular weight excluding hydrogens is 221 g/mol. The van der Waals surface area contributed by atoms with Crippen molar-refractivity contribution >= 4 is 0 Å². The van der Waals surface area contributed by atoms with Crippen molar-refractivity contribution in [3.63, 3.8) is 0 Å². The Labute approximate surface area is 90.0 Å². The lowest BCUT2D eigenvalue weighted by molar-refractivity contribution is -0.305. The van der Waals surface area contributed by atoms with E-state index in [0.29, 0.717) is 12.0 Å². The molecule has 0 amide bonds. The van der Waals surface area contributed by atoms with Gasteiger partial charge in [0.25, 0.3) is 0 Å². The van der Waals surface area contributed by atoms with Gasteiger partial charge in [-0.05, 0) is 12.5 Å². The zero-order valence-electron chi connectivity index (χ0n) is 8.16. The van der Waals surface area contributed by atoms with E-state index in [2.05, 4.69) is 4.74 Å². The molecule has 0 aromatic carbocycles. The Hall–Kier alpha value is -1.65. The summed E-state index contributed by atoms with van der Waals surface area (Å²) in [5.41, 5.74) is 0.462. The zero-order valence-corrected chi connectivity index (χ0v) is 8.16. The molecule has 1 N–H and O–H groups in total. The molecule has 5 heteroatoms. The fourth-order valence-electron chi connectivity index (χ4n) is 1.73. The molecule has 86 valence electrons. The minimum absolute atomic E-state index is 0.0643. The van der Waals surface area contributed by atoms with Crippen molar-refractivity contribution in [2.24, 2.45) is 5.92 Å². The number of rotatable bonds is 1. The molecule has 0 saturated carbocycles. The van der Waals surface area contributed by atoms with Crippen LogP contribution in [0.2, 0.25) is 0 Å². The van der Waals surface area contributed by atoms with Crippen LogP contribution in [0.3, 0.4) is 0 Å². The Bertz CT molecular complexity index is 413. The summed E-state index contributed by atoms with van der Waals surface area (Å²) in [6.07, 6.45) is 3.75. The highest BCUT2D eigenvalue weighted by Gasteiger charge is 2.35. The normalized spacial score (nSPS) is 24.2. The zero-order chi connectivity index (χ0) is 11.8. The van der Waals surface area contributed by atoms with E-state index in [1.165, 1.54) is 6.08 Å². The molecule has 2 aliphatic rings. The Morgan fingerprint density at radius 2 is 2.06 bits per heavy atom.